The van der Waals surface area contributed by atoms with Crippen LogP contribution in [-0.2, 0) is 11.3 Å². The van der Waals surface area contributed by atoms with E-state index in [2.05, 4.69) is 10.6 Å². The van der Waals surface area contributed by atoms with Gasteiger partial charge < -0.3 is 15.4 Å². The van der Waals surface area contributed by atoms with Gasteiger partial charge in [-0.3, -0.25) is 4.79 Å². The van der Waals surface area contributed by atoms with E-state index in [9.17, 15) is 4.79 Å². The van der Waals surface area contributed by atoms with E-state index in [1.807, 2.05) is 24.3 Å². The topological polar surface area (TPSA) is 50.4 Å². The molecule has 1 aromatic rings. The Morgan fingerprint density at radius 3 is 2.67 bits per heavy atom. The summed E-state index contributed by atoms with van der Waals surface area (Å²) in [5.74, 6) is -0.0475. The molecule has 0 heterocycles. The molecule has 18 heavy (non-hydrogen) atoms. The highest BCUT2D eigenvalue weighted by molar-refractivity contribution is 5.94. The zero-order valence-electron chi connectivity index (χ0n) is 10.7. The lowest BCUT2D eigenvalue weighted by atomic mass is 10.1. The van der Waals surface area contributed by atoms with Crippen molar-refractivity contribution in [3.05, 3.63) is 35.4 Å². The highest BCUT2D eigenvalue weighted by atomic mass is 16.5. The van der Waals surface area contributed by atoms with E-state index >= 15 is 0 Å². The van der Waals surface area contributed by atoms with Crippen molar-refractivity contribution < 1.29 is 9.53 Å². The minimum absolute atomic E-state index is 0.0475. The van der Waals surface area contributed by atoms with Gasteiger partial charge in [-0.1, -0.05) is 12.1 Å². The second-order valence-electron chi connectivity index (χ2n) is 4.60. The number of rotatable bonds is 7. The number of carbonyl (C=O) groups is 1. The van der Waals surface area contributed by atoms with Crippen molar-refractivity contribution in [3.8, 4) is 0 Å². The molecule has 1 fully saturated rings. The molecule has 98 valence electrons. The molecule has 0 bridgehead atoms. The number of hydrogen-bond donors (Lipinski definition) is 2. The Morgan fingerprint density at radius 2 is 2.06 bits per heavy atom. The monoisotopic (exact) mass is 248 g/mol. The third-order valence-corrected chi connectivity index (χ3v) is 2.98. The maximum atomic E-state index is 11.7. The predicted octanol–water partition coefficient (Wildman–Crippen LogP) is 1.31. The Labute approximate surface area is 108 Å². The number of benzene rings is 1. The maximum Gasteiger partial charge on any atom is 0.251 e. The summed E-state index contributed by atoms with van der Waals surface area (Å²) in [5, 5.41) is 6.25. The van der Waals surface area contributed by atoms with Crippen molar-refractivity contribution in [1.82, 2.24) is 10.6 Å². The van der Waals surface area contributed by atoms with Crippen LogP contribution in [0.2, 0.25) is 0 Å². The predicted molar refractivity (Wildman–Crippen MR) is 70.5 cm³/mol. The molecule has 2 N–H and O–H groups in total. The van der Waals surface area contributed by atoms with E-state index in [0.29, 0.717) is 24.8 Å². The summed E-state index contributed by atoms with van der Waals surface area (Å²) in [7, 11) is 1.62. The van der Waals surface area contributed by atoms with Crippen LogP contribution in [0.5, 0.6) is 0 Å². The molecule has 1 aliphatic carbocycles. The van der Waals surface area contributed by atoms with Crippen molar-refractivity contribution in [2.24, 2.45) is 0 Å². The molecule has 0 unspecified atom stereocenters. The third-order valence-electron chi connectivity index (χ3n) is 2.98. The van der Waals surface area contributed by atoms with E-state index < -0.39 is 0 Å². The van der Waals surface area contributed by atoms with Crippen LogP contribution in [-0.4, -0.2) is 32.2 Å². The Morgan fingerprint density at radius 1 is 1.33 bits per heavy atom. The van der Waals surface area contributed by atoms with Crippen LogP contribution in [0.1, 0.15) is 28.8 Å². The molecule has 1 aliphatic rings. The molecule has 0 radical (unpaired) electrons. The van der Waals surface area contributed by atoms with Gasteiger partial charge >= 0.3 is 0 Å². The molecular weight excluding hydrogens is 228 g/mol. The number of methoxy groups -OCH3 is 1. The number of carbonyl (C=O) groups excluding carboxylic acids is 1. The van der Waals surface area contributed by atoms with Crippen molar-refractivity contribution in [2.75, 3.05) is 20.3 Å². The van der Waals surface area contributed by atoms with Crippen LogP contribution in [0.4, 0.5) is 0 Å². The van der Waals surface area contributed by atoms with Gasteiger partial charge in [-0.05, 0) is 30.5 Å². The second-order valence-corrected chi connectivity index (χ2v) is 4.60. The van der Waals surface area contributed by atoms with Crippen molar-refractivity contribution in [3.63, 3.8) is 0 Å². The van der Waals surface area contributed by atoms with Crippen LogP contribution in [0.3, 0.4) is 0 Å². The summed E-state index contributed by atoms with van der Waals surface area (Å²) >= 11 is 0. The maximum absolute atomic E-state index is 11.7. The van der Waals surface area contributed by atoms with Crippen LogP contribution >= 0.6 is 0 Å². The summed E-state index contributed by atoms with van der Waals surface area (Å²) in [6.45, 7) is 1.96. The van der Waals surface area contributed by atoms with Gasteiger partial charge in [-0.15, -0.1) is 0 Å². The summed E-state index contributed by atoms with van der Waals surface area (Å²) in [6.07, 6.45) is 2.58. The molecule has 0 spiro atoms. The Kier molecular flexibility index (Phi) is 4.73. The van der Waals surface area contributed by atoms with Gasteiger partial charge in [0.25, 0.3) is 5.91 Å². The molecule has 4 nitrogen and oxygen atoms in total. The lowest BCUT2D eigenvalue weighted by Gasteiger charge is -2.06. The van der Waals surface area contributed by atoms with Crippen LogP contribution in [0.25, 0.3) is 0 Å². The van der Waals surface area contributed by atoms with E-state index in [4.69, 9.17) is 4.74 Å². The summed E-state index contributed by atoms with van der Waals surface area (Å²) in [6, 6.07) is 8.45. The fourth-order valence-electron chi connectivity index (χ4n) is 1.69. The standard InChI is InChI=1S/C14H20N2O2/c1-18-9-8-15-14(17)12-4-2-11(3-5-12)10-16-13-6-7-13/h2-5,13,16H,6-10H2,1H3,(H,15,17). The lowest BCUT2D eigenvalue weighted by molar-refractivity contribution is 0.0937. The fraction of sp³-hybridized carbons (Fsp3) is 0.500. The van der Waals surface area contributed by atoms with Gasteiger partial charge in [0, 0.05) is 31.8 Å². The molecule has 1 amide bonds. The fourth-order valence-corrected chi connectivity index (χ4v) is 1.69. The van der Waals surface area contributed by atoms with Crippen molar-refractivity contribution in [2.45, 2.75) is 25.4 Å². The van der Waals surface area contributed by atoms with Gasteiger partial charge in [0.15, 0.2) is 0 Å². The van der Waals surface area contributed by atoms with Crippen LogP contribution in [0.15, 0.2) is 24.3 Å². The molecule has 0 aromatic heterocycles. The average molecular weight is 248 g/mol. The molecule has 0 atom stereocenters. The molecule has 1 saturated carbocycles. The first kappa shape index (κ1) is 13.1. The van der Waals surface area contributed by atoms with Gasteiger partial charge in [0.2, 0.25) is 0 Å². The van der Waals surface area contributed by atoms with Crippen molar-refractivity contribution in [1.29, 1.82) is 0 Å². The number of ether oxygens (including phenoxy) is 1. The third kappa shape index (κ3) is 4.13. The number of hydrogen-bond acceptors (Lipinski definition) is 3. The minimum atomic E-state index is -0.0475. The highest BCUT2D eigenvalue weighted by Crippen LogP contribution is 2.19. The molecule has 0 saturated heterocycles. The first-order valence-corrected chi connectivity index (χ1v) is 6.39. The zero-order chi connectivity index (χ0) is 12.8. The van der Waals surface area contributed by atoms with Crippen molar-refractivity contribution >= 4 is 5.91 Å². The Bertz CT molecular complexity index is 385. The average Bonchev–Trinajstić information content (AvgIpc) is 3.21. The van der Waals surface area contributed by atoms with Gasteiger partial charge in [0.1, 0.15) is 0 Å². The van der Waals surface area contributed by atoms with E-state index in [1.54, 1.807) is 7.11 Å². The Balaban J connectivity index is 1.79. The highest BCUT2D eigenvalue weighted by Gasteiger charge is 2.19. The molecule has 1 aromatic carbocycles. The number of amides is 1. The second kappa shape index (κ2) is 6.52. The van der Waals surface area contributed by atoms with Gasteiger partial charge in [0.05, 0.1) is 6.61 Å². The first-order chi connectivity index (χ1) is 8.79. The van der Waals surface area contributed by atoms with Crippen LogP contribution < -0.4 is 10.6 Å². The van der Waals surface area contributed by atoms with Gasteiger partial charge in [-0.2, -0.15) is 0 Å². The quantitative estimate of drug-likeness (QED) is 0.715. The normalized spacial score (nSPS) is 14.5. The van der Waals surface area contributed by atoms with E-state index in [-0.39, 0.29) is 5.91 Å². The number of nitrogens with one attached hydrogen (secondary N) is 2. The first-order valence-electron chi connectivity index (χ1n) is 6.39. The summed E-state index contributed by atoms with van der Waals surface area (Å²) in [5.41, 5.74) is 1.91. The molecule has 0 aliphatic heterocycles. The summed E-state index contributed by atoms with van der Waals surface area (Å²) in [4.78, 5) is 11.7. The van der Waals surface area contributed by atoms with E-state index in [1.165, 1.54) is 18.4 Å². The van der Waals surface area contributed by atoms with Crippen LogP contribution in [0, 0.1) is 0 Å². The smallest absolute Gasteiger partial charge is 0.251 e. The molecular formula is C14H20N2O2. The lowest BCUT2D eigenvalue weighted by Crippen LogP contribution is -2.26. The Hall–Kier alpha value is -1.39. The minimum Gasteiger partial charge on any atom is -0.383 e. The molecule has 4 heteroatoms. The largest absolute Gasteiger partial charge is 0.383 e. The van der Waals surface area contributed by atoms with Gasteiger partial charge in [-0.25, -0.2) is 0 Å². The van der Waals surface area contributed by atoms with E-state index in [0.717, 1.165) is 6.54 Å². The molecule has 2 rings (SSSR count). The summed E-state index contributed by atoms with van der Waals surface area (Å²) < 4.78 is 4.88. The SMILES string of the molecule is COCCNC(=O)c1ccc(CNC2CC2)cc1. The zero-order valence-corrected chi connectivity index (χ0v) is 10.7.